The summed E-state index contributed by atoms with van der Waals surface area (Å²) in [5, 5.41) is 5.13. The van der Waals surface area contributed by atoms with E-state index in [4.69, 9.17) is 4.74 Å². The first-order valence-corrected chi connectivity index (χ1v) is 9.87. The molecule has 1 amide bonds. The van der Waals surface area contributed by atoms with Crippen LogP contribution in [-0.4, -0.2) is 37.0 Å². The minimum atomic E-state index is 0.117. The first-order valence-electron chi connectivity index (χ1n) is 8.99. The summed E-state index contributed by atoms with van der Waals surface area (Å²) in [5.74, 6) is 0.117. The van der Waals surface area contributed by atoms with Crippen LogP contribution in [0.1, 0.15) is 35.7 Å². The summed E-state index contributed by atoms with van der Waals surface area (Å²) in [5.41, 5.74) is 1.18. The molecule has 1 aromatic carbocycles. The Labute approximate surface area is 153 Å². The average Bonchev–Trinajstić information content (AvgIpc) is 3.30. The quantitative estimate of drug-likeness (QED) is 0.696. The third-order valence-electron chi connectivity index (χ3n) is 4.48. The molecule has 1 N–H and O–H groups in total. The molecular formula is C20H26N2O2S. The van der Waals surface area contributed by atoms with Crippen molar-refractivity contribution in [2.45, 2.75) is 31.9 Å². The summed E-state index contributed by atoms with van der Waals surface area (Å²) in [7, 11) is 0. The molecule has 1 atom stereocenters. The molecule has 5 heteroatoms. The third-order valence-corrected chi connectivity index (χ3v) is 5.45. The highest BCUT2D eigenvalue weighted by atomic mass is 32.1. The highest BCUT2D eigenvalue weighted by molar-refractivity contribution is 7.10. The first-order chi connectivity index (χ1) is 12.3. The second-order valence-corrected chi connectivity index (χ2v) is 7.36. The standard InChI is InChI=1S/C20H26N2O2S/c23-20(15-22-12-4-9-18(22)19-10-5-14-25-19)21-11-6-13-24-16-17-7-2-1-3-8-17/h1-3,5,7-8,10,14,18H,4,6,9,11-13,15-16H2,(H,21,23). The number of amides is 1. The molecule has 4 nitrogen and oxygen atoms in total. The van der Waals surface area contributed by atoms with Crippen molar-refractivity contribution >= 4 is 17.2 Å². The van der Waals surface area contributed by atoms with E-state index in [1.165, 1.54) is 16.9 Å². The van der Waals surface area contributed by atoms with Crippen LogP contribution in [0.4, 0.5) is 0 Å². The number of nitrogens with zero attached hydrogens (tertiary/aromatic N) is 1. The second kappa shape index (κ2) is 9.70. The molecule has 1 aliphatic rings. The normalized spacial score (nSPS) is 17.7. The molecule has 1 aliphatic heterocycles. The third kappa shape index (κ3) is 5.66. The van der Waals surface area contributed by atoms with Crippen molar-refractivity contribution < 1.29 is 9.53 Å². The summed E-state index contributed by atoms with van der Waals surface area (Å²) < 4.78 is 5.64. The zero-order valence-corrected chi connectivity index (χ0v) is 15.3. The monoisotopic (exact) mass is 358 g/mol. The Morgan fingerprint density at radius 3 is 2.92 bits per heavy atom. The Kier molecular flexibility index (Phi) is 7.03. The Balaban J connectivity index is 1.29. The lowest BCUT2D eigenvalue weighted by molar-refractivity contribution is -0.122. The van der Waals surface area contributed by atoms with Crippen molar-refractivity contribution in [3.05, 3.63) is 58.3 Å². The zero-order valence-electron chi connectivity index (χ0n) is 14.5. The van der Waals surface area contributed by atoms with Gasteiger partial charge in [-0.2, -0.15) is 0 Å². The van der Waals surface area contributed by atoms with Crippen LogP contribution in [0, 0.1) is 0 Å². The fourth-order valence-electron chi connectivity index (χ4n) is 3.23. The Hall–Kier alpha value is -1.69. The van der Waals surface area contributed by atoms with Gasteiger partial charge in [0.2, 0.25) is 5.91 Å². The molecule has 1 saturated heterocycles. The van der Waals surface area contributed by atoms with Gasteiger partial charge < -0.3 is 10.1 Å². The average molecular weight is 359 g/mol. The van der Waals surface area contributed by atoms with E-state index >= 15 is 0 Å². The molecule has 0 bridgehead atoms. The predicted molar refractivity (Wildman–Crippen MR) is 102 cm³/mol. The van der Waals surface area contributed by atoms with Gasteiger partial charge in [-0.15, -0.1) is 11.3 Å². The molecule has 1 fully saturated rings. The molecule has 0 aliphatic carbocycles. The minimum absolute atomic E-state index is 0.117. The highest BCUT2D eigenvalue weighted by Gasteiger charge is 2.27. The van der Waals surface area contributed by atoms with Gasteiger partial charge in [0.05, 0.1) is 13.2 Å². The lowest BCUT2D eigenvalue weighted by Gasteiger charge is -2.22. The van der Waals surface area contributed by atoms with Crippen LogP contribution >= 0.6 is 11.3 Å². The molecule has 1 aromatic heterocycles. The van der Waals surface area contributed by atoms with Gasteiger partial charge in [0.1, 0.15) is 0 Å². The lowest BCUT2D eigenvalue weighted by Crippen LogP contribution is -2.37. The van der Waals surface area contributed by atoms with E-state index in [0.717, 1.165) is 19.4 Å². The van der Waals surface area contributed by atoms with Gasteiger partial charge in [-0.05, 0) is 42.8 Å². The van der Waals surface area contributed by atoms with Crippen LogP contribution < -0.4 is 5.32 Å². The summed E-state index contributed by atoms with van der Waals surface area (Å²) in [6, 6.07) is 14.8. The second-order valence-electron chi connectivity index (χ2n) is 6.39. The predicted octanol–water partition coefficient (Wildman–Crippen LogP) is 3.61. The fourth-order valence-corrected chi connectivity index (χ4v) is 4.12. The van der Waals surface area contributed by atoms with Crippen molar-refractivity contribution in [2.75, 3.05) is 26.2 Å². The van der Waals surface area contributed by atoms with Crippen LogP contribution in [0.3, 0.4) is 0 Å². The van der Waals surface area contributed by atoms with Crippen molar-refractivity contribution in [1.82, 2.24) is 10.2 Å². The van der Waals surface area contributed by atoms with Crippen LogP contribution in [0.2, 0.25) is 0 Å². The number of hydrogen-bond donors (Lipinski definition) is 1. The first kappa shape index (κ1) is 18.1. The number of hydrogen-bond acceptors (Lipinski definition) is 4. The highest BCUT2D eigenvalue weighted by Crippen LogP contribution is 2.33. The van der Waals surface area contributed by atoms with Crippen LogP contribution in [0.15, 0.2) is 47.8 Å². The Morgan fingerprint density at radius 1 is 1.24 bits per heavy atom. The molecule has 2 heterocycles. The number of carbonyl (C=O) groups is 1. The fraction of sp³-hybridized carbons (Fsp3) is 0.450. The van der Waals surface area contributed by atoms with Gasteiger partial charge in [-0.25, -0.2) is 0 Å². The number of ether oxygens (including phenoxy) is 1. The van der Waals surface area contributed by atoms with E-state index < -0.39 is 0 Å². The number of carbonyl (C=O) groups excluding carboxylic acids is 1. The number of thiophene rings is 1. The minimum Gasteiger partial charge on any atom is -0.377 e. The van der Waals surface area contributed by atoms with Gasteiger partial charge in [-0.1, -0.05) is 36.4 Å². The van der Waals surface area contributed by atoms with Gasteiger partial charge >= 0.3 is 0 Å². The zero-order chi connectivity index (χ0) is 17.3. The van der Waals surface area contributed by atoms with Crippen LogP contribution in [0.25, 0.3) is 0 Å². The molecule has 1 unspecified atom stereocenters. The lowest BCUT2D eigenvalue weighted by atomic mass is 10.2. The van der Waals surface area contributed by atoms with E-state index in [-0.39, 0.29) is 5.91 Å². The molecular weight excluding hydrogens is 332 g/mol. The summed E-state index contributed by atoms with van der Waals surface area (Å²) in [6.45, 7) is 3.47. The van der Waals surface area contributed by atoms with Crippen molar-refractivity contribution in [3.63, 3.8) is 0 Å². The molecule has 0 radical (unpaired) electrons. The van der Waals surface area contributed by atoms with Crippen molar-refractivity contribution in [1.29, 1.82) is 0 Å². The number of likely N-dealkylation sites (tertiary alicyclic amines) is 1. The largest absolute Gasteiger partial charge is 0.377 e. The summed E-state index contributed by atoms with van der Waals surface area (Å²) in [4.78, 5) is 15.9. The maximum absolute atomic E-state index is 12.2. The Bertz CT molecular complexity index is 630. The van der Waals surface area contributed by atoms with E-state index in [0.29, 0.717) is 32.3 Å². The molecule has 0 spiro atoms. The topological polar surface area (TPSA) is 41.6 Å². The maximum Gasteiger partial charge on any atom is 0.234 e. The van der Waals surface area contributed by atoms with Crippen molar-refractivity contribution in [3.8, 4) is 0 Å². The number of nitrogens with one attached hydrogen (secondary N) is 1. The Morgan fingerprint density at radius 2 is 2.12 bits per heavy atom. The van der Waals surface area contributed by atoms with E-state index in [2.05, 4.69) is 39.9 Å². The van der Waals surface area contributed by atoms with E-state index in [1.807, 2.05) is 18.2 Å². The van der Waals surface area contributed by atoms with Gasteiger partial charge in [0.15, 0.2) is 0 Å². The summed E-state index contributed by atoms with van der Waals surface area (Å²) >= 11 is 1.79. The smallest absolute Gasteiger partial charge is 0.234 e. The molecule has 2 aromatic rings. The molecule has 0 saturated carbocycles. The van der Waals surface area contributed by atoms with Gasteiger partial charge in [0, 0.05) is 24.1 Å². The number of rotatable bonds is 9. The summed E-state index contributed by atoms with van der Waals surface area (Å²) in [6.07, 6.45) is 3.16. The molecule has 3 rings (SSSR count). The van der Waals surface area contributed by atoms with Crippen LogP contribution in [0.5, 0.6) is 0 Å². The number of benzene rings is 1. The van der Waals surface area contributed by atoms with E-state index in [1.54, 1.807) is 11.3 Å². The molecule has 25 heavy (non-hydrogen) atoms. The van der Waals surface area contributed by atoms with Crippen LogP contribution in [-0.2, 0) is 16.1 Å². The van der Waals surface area contributed by atoms with E-state index in [9.17, 15) is 4.79 Å². The van der Waals surface area contributed by atoms with Gasteiger partial charge in [-0.3, -0.25) is 9.69 Å². The molecule has 134 valence electrons. The maximum atomic E-state index is 12.2. The van der Waals surface area contributed by atoms with Crippen molar-refractivity contribution in [2.24, 2.45) is 0 Å². The van der Waals surface area contributed by atoms with Gasteiger partial charge in [0.25, 0.3) is 0 Å². The SMILES string of the molecule is O=C(CN1CCCC1c1cccs1)NCCCOCc1ccccc1.